The van der Waals surface area contributed by atoms with Crippen molar-refractivity contribution in [1.82, 2.24) is 5.32 Å². The van der Waals surface area contributed by atoms with Crippen molar-refractivity contribution in [3.63, 3.8) is 0 Å². The van der Waals surface area contributed by atoms with Gasteiger partial charge >= 0.3 is 0 Å². The van der Waals surface area contributed by atoms with Gasteiger partial charge in [0.05, 0.1) is 18.2 Å². The van der Waals surface area contributed by atoms with E-state index in [-0.39, 0.29) is 29.4 Å². The highest BCUT2D eigenvalue weighted by molar-refractivity contribution is 7.80. The zero-order valence-electron chi connectivity index (χ0n) is 9.46. The fraction of sp³-hybridized carbons (Fsp3) is 0.273. The van der Waals surface area contributed by atoms with E-state index in [1.54, 1.807) is 0 Å². The first-order valence-electron chi connectivity index (χ1n) is 5.15. The van der Waals surface area contributed by atoms with E-state index < -0.39 is 17.7 Å². The number of aromatic hydroxyl groups is 2. The Bertz CT molecular complexity index is 464. The lowest BCUT2D eigenvalue weighted by Gasteiger charge is -2.09. The van der Waals surface area contributed by atoms with Crippen molar-refractivity contribution in [2.24, 2.45) is 5.73 Å². The Hall–Kier alpha value is -1.73. The summed E-state index contributed by atoms with van der Waals surface area (Å²) in [5.41, 5.74) is 5.35. The summed E-state index contributed by atoms with van der Waals surface area (Å²) in [6.07, 6.45) is 0. The standard InChI is InChI=1S/C11H14N2O4S/c12-8(5-18)11(17)13-4-10(16)7-3-6(14)1-2-9(7)15/h1-3,8,14-15,18H,4-5,12H2,(H,13,17)/t8-/m0/s1. The van der Waals surface area contributed by atoms with Crippen molar-refractivity contribution >= 4 is 24.3 Å². The molecule has 7 heteroatoms. The number of hydrogen-bond acceptors (Lipinski definition) is 6. The Balaban J connectivity index is 2.66. The number of ketones is 1. The van der Waals surface area contributed by atoms with Crippen molar-refractivity contribution in [1.29, 1.82) is 0 Å². The van der Waals surface area contributed by atoms with Crippen molar-refractivity contribution < 1.29 is 19.8 Å². The van der Waals surface area contributed by atoms with Gasteiger partial charge in [-0.3, -0.25) is 9.59 Å². The molecule has 0 aliphatic rings. The van der Waals surface area contributed by atoms with Crippen LogP contribution in [0.3, 0.4) is 0 Å². The molecule has 0 fully saturated rings. The fourth-order valence-corrected chi connectivity index (χ4v) is 1.39. The number of phenolic OH excluding ortho intramolecular Hbond substituents is 2. The van der Waals surface area contributed by atoms with Crippen LogP contribution < -0.4 is 11.1 Å². The second kappa shape index (κ2) is 6.27. The maximum atomic E-state index is 11.7. The molecular weight excluding hydrogens is 256 g/mol. The summed E-state index contributed by atoms with van der Waals surface area (Å²) in [5.74, 6) is -1.27. The summed E-state index contributed by atoms with van der Waals surface area (Å²) in [7, 11) is 0. The number of carbonyl (C=O) groups is 2. The molecule has 6 nitrogen and oxygen atoms in total. The lowest BCUT2D eigenvalue weighted by atomic mass is 10.1. The second-order valence-electron chi connectivity index (χ2n) is 3.63. The largest absolute Gasteiger partial charge is 0.508 e. The van der Waals surface area contributed by atoms with Gasteiger partial charge in [0.15, 0.2) is 5.78 Å². The number of benzene rings is 1. The van der Waals surface area contributed by atoms with E-state index in [2.05, 4.69) is 17.9 Å². The first-order chi connectivity index (χ1) is 8.45. The molecule has 0 heterocycles. The lowest BCUT2D eigenvalue weighted by molar-refractivity contribution is -0.121. The number of phenols is 2. The summed E-state index contributed by atoms with van der Waals surface area (Å²) in [4.78, 5) is 23.0. The van der Waals surface area contributed by atoms with Crippen molar-refractivity contribution in [2.45, 2.75) is 6.04 Å². The number of carbonyl (C=O) groups excluding carboxylic acids is 2. The van der Waals surface area contributed by atoms with Crippen LogP contribution in [-0.4, -0.2) is 40.2 Å². The molecule has 0 saturated heterocycles. The summed E-state index contributed by atoms with van der Waals surface area (Å²) >= 11 is 3.86. The number of thiol groups is 1. The Labute approximate surface area is 109 Å². The van der Waals surface area contributed by atoms with E-state index in [0.29, 0.717) is 0 Å². The third-order valence-electron chi connectivity index (χ3n) is 2.24. The van der Waals surface area contributed by atoms with E-state index in [1.165, 1.54) is 12.1 Å². The molecule has 0 aliphatic carbocycles. The van der Waals surface area contributed by atoms with Gasteiger partial charge in [0.2, 0.25) is 5.91 Å². The summed E-state index contributed by atoms with van der Waals surface area (Å²) in [6.45, 7) is -0.308. The van der Waals surface area contributed by atoms with Gasteiger partial charge in [-0.2, -0.15) is 12.6 Å². The summed E-state index contributed by atoms with van der Waals surface area (Å²) in [5, 5.41) is 21.0. The molecule has 1 aromatic rings. The second-order valence-corrected chi connectivity index (χ2v) is 4.00. The molecule has 98 valence electrons. The summed E-state index contributed by atoms with van der Waals surface area (Å²) in [6, 6.07) is 2.78. The van der Waals surface area contributed by atoms with Crippen LogP contribution in [0.25, 0.3) is 0 Å². The van der Waals surface area contributed by atoms with Crippen LogP contribution in [0.2, 0.25) is 0 Å². The van der Waals surface area contributed by atoms with E-state index in [0.717, 1.165) is 6.07 Å². The number of rotatable bonds is 5. The molecule has 0 spiro atoms. The van der Waals surface area contributed by atoms with Crippen molar-refractivity contribution in [3.05, 3.63) is 23.8 Å². The van der Waals surface area contributed by atoms with Gasteiger partial charge in [-0.1, -0.05) is 0 Å². The Morgan fingerprint density at radius 2 is 2.06 bits per heavy atom. The average molecular weight is 270 g/mol. The molecule has 0 saturated carbocycles. The minimum Gasteiger partial charge on any atom is -0.508 e. The molecule has 0 aliphatic heterocycles. The highest BCUT2D eigenvalue weighted by atomic mass is 32.1. The number of nitrogens with two attached hydrogens (primary N) is 1. The van der Waals surface area contributed by atoms with Gasteiger partial charge in [0.25, 0.3) is 0 Å². The van der Waals surface area contributed by atoms with Gasteiger partial charge in [0, 0.05) is 5.75 Å². The first-order valence-corrected chi connectivity index (χ1v) is 5.78. The van der Waals surface area contributed by atoms with Crippen molar-refractivity contribution in [2.75, 3.05) is 12.3 Å². The van der Waals surface area contributed by atoms with E-state index >= 15 is 0 Å². The predicted octanol–water partition coefficient (Wildman–Crippen LogP) is -0.346. The van der Waals surface area contributed by atoms with Gasteiger partial charge < -0.3 is 21.3 Å². The quantitative estimate of drug-likeness (QED) is 0.285. The maximum Gasteiger partial charge on any atom is 0.238 e. The zero-order valence-corrected chi connectivity index (χ0v) is 10.4. The topological polar surface area (TPSA) is 113 Å². The van der Waals surface area contributed by atoms with Gasteiger partial charge in [-0.15, -0.1) is 0 Å². The lowest BCUT2D eigenvalue weighted by Crippen LogP contribution is -2.43. The van der Waals surface area contributed by atoms with Crippen LogP contribution in [0.5, 0.6) is 11.5 Å². The van der Waals surface area contributed by atoms with Crippen LogP contribution >= 0.6 is 12.6 Å². The van der Waals surface area contributed by atoms with Crippen LogP contribution in [0, 0.1) is 0 Å². The van der Waals surface area contributed by atoms with Crippen molar-refractivity contribution in [3.8, 4) is 11.5 Å². The fourth-order valence-electron chi connectivity index (χ4n) is 1.22. The Kier molecular flexibility index (Phi) is 4.99. The number of amides is 1. The van der Waals surface area contributed by atoms with Crippen LogP contribution in [0.4, 0.5) is 0 Å². The third kappa shape index (κ3) is 3.64. The molecule has 0 unspecified atom stereocenters. The van der Waals surface area contributed by atoms with Crippen LogP contribution in [-0.2, 0) is 4.79 Å². The molecule has 1 aromatic carbocycles. The van der Waals surface area contributed by atoms with Gasteiger partial charge in [-0.25, -0.2) is 0 Å². The minimum atomic E-state index is -0.793. The Morgan fingerprint density at radius 1 is 1.39 bits per heavy atom. The molecule has 18 heavy (non-hydrogen) atoms. The molecule has 1 amide bonds. The number of Topliss-reactive ketones (excluding diaryl/α,β-unsaturated/α-hetero) is 1. The zero-order chi connectivity index (χ0) is 13.7. The molecule has 1 rings (SSSR count). The normalized spacial score (nSPS) is 11.9. The SMILES string of the molecule is N[C@@H](CS)C(=O)NCC(=O)c1cc(O)ccc1O. The van der Waals surface area contributed by atoms with Crippen LogP contribution in [0.1, 0.15) is 10.4 Å². The monoisotopic (exact) mass is 270 g/mol. The first kappa shape index (κ1) is 14.3. The minimum absolute atomic E-state index is 0.0604. The predicted molar refractivity (Wildman–Crippen MR) is 68.9 cm³/mol. The number of nitrogens with one attached hydrogen (secondary N) is 1. The average Bonchev–Trinajstić information content (AvgIpc) is 2.37. The van der Waals surface area contributed by atoms with Crippen LogP contribution in [0.15, 0.2) is 18.2 Å². The third-order valence-corrected chi connectivity index (χ3v) is 2.63. The molecule has 0 bridgehead atoms. The molecule has 0 radical (unpaired) electrons. The molecule has 5 N–H and O–H groups in total. The van der Waals surface area contributed by atoms with E-state index in [9.17, 15) is 19.8 Å². The van der Waals surface area contributed by atoms with Gasteiger partial charge in [0.1, 0.15) is 11.5 Å². The highest BCUT2D eigenvalue weighted by Crippen LogP contribution is 2.22. The summed E-state index contributed by atoms with van der Waals surface area (Å²) < 4.78 is 0. The smallest absolute Gasteiger partial charge is 0.238 e. The van der Waals surface area contributed by atoms with Gasteiger partial charge in [-0.05, 0) is 18.2 Å². The number of hydrogen-bond donors (Lipinski definition) is 5. The molecule has 0 aromatic heterocycles. The highest BCUT2D eigenvalue weighted by Gasteiger charge is 2.15. The maximum absolute atomic E-state index is 11.7. The Morgan fingerprint density at radius 3 is 2.67 bits per heavy atom. The van der Waals surface area contributed by atoms with E-state index in [4.69, 9.17) is 5.73 Å². The molecule has 1 atom stereocenters. The van der Waals surface area contributed by atoms with E-state index in [1.807, 2.05) is 0 Å². The molecular formula is C11H14N2O4S.